The van der Waals surface area contributed by atoms with Crippen molar-refractivity contribution in [3.63, 3.8) is 0 Å². The maximum absolute atomic E-state index is 5.96. The number of likely N-dealkylation sites (tertiary alicyclic amines) is 1. The third-order valence-corrected chi connectivity index (χ3v) is 4.15. The molecule has 0 N–H and O–H groups in total. The first-order chi connectivity index (χ1) is 8.20. The second-order valence-electron chi connectivity index (χ2n) is 5.26. The van der Waals surface area contributed by atoms with Crippen molar-refractivity contribution in [2.75, 3.05) is 20.1 Å². The molecule has 1 aromatic rings. The average molecular weight is 252 g/mol. The highest BCUT2D eigenvalue weighted by molar-refractivity contribution is 6.30. The SMILES string of the molecule is CCC[C@H]1CN(C)CC[C@H]1c1ccc(Cl)cc1. The molecule has 94 valence electrons. The Balaban J connectivity index is 2.14. The summed E-state index contributed by atoms with van der Waals surface area (Å²) in [7, 11) is 2.24. The van der Waals surface area contributed by atoms with Gasteiger partial charge in [0.1, 0.15) is 0 Å². The van der Waals surface area contributed by atoms with Crippen LogP contribution in [-0.4, -0.2) is 25.0 Å². The normalized spacial score (nSPS) is 26.1. The van der Waals surface area contributed by atoms with Gasteiger partial charge in [0.15, 0.2) is 0 Å². The van der Waals surface area contributed by atoms with Gasteiger partial charge in [-0.15, -0.1) is 0 Å². The molecule has 1 fully saturated rings. The van der Waals surface area contributed by atoms with Crippen LogP contribution in [0.1, 0.15) is 37.7 Å². The van der Waals surface area contributed by atoms with Gasteiger partial charge in [-0.3, -0.25) is 0 Å². The van der Waals surface area contributed by atoms with Gasteiger partial charge in [0.2, 0.25) is 0 Å². The number of nitrogens with zero attached hydrogens (tertiary/aromatic N) is 1. The standard InChI is InChI=1S/C15H22ClN/c1-3-4-13-11-17(2)10-9-15(13)12-5-7-14(16)8-6-12/h5-8,13,15H,3-4,9-11H2,1-2H3/t13-,15-/m0/s1. The summed E-state index contributed by atoms with van der Waals surface area (Å²) >= 11 is 5.96. The van der Waals surface area contributed by atoms with Crippen molar-refractivity contribution in [2.24, 2.45) is 5.92 Å². The Hall–Kier alpha value is -0.530. The van der Waals surface area contributed by atoms with Gasteiger partial charge < -0.3 is 4.90 Å². The lowest BCUT2D eigenvalue weighted by Gasteiger charge is -2.37. The lowest BCUT2D eigenvalue weighted by Crippen LogP contribution is -2.36. The molecule has 0 aliphatic carbocycles. The first-order valence-electron chi connectivity index (χ1n) is 6.64. The molecule has 1 nitrogen and oxygen atoms in total. The second kappa shape index (κ2) is 5.88. The highest BCUT2D eigenvalue weighted by Gasteiger charge is 2.27. The molecular formula is C15H22ClN. The number of piperidine rings is 1. The summed E-state index contributed by atoms with van der Waals surface area (Å²) in [6.45, 7) is 4.74. The minimum atomic E-state index is 0.725. The lowest BCUT2D eigenvalue weighted by molar-refractivity contribution is 0.175. The molecule has 0 spiro atoms. The minimum absolute atomic E-state index is 0.725. The Morgan fingerprint density at radius 1 is 1.29 bits per heavy atom. The van der Waals surface area contributed by atoms with Crippen LogP contribution in [0.4, 0.5) is 0 Å². The van der Waals surface area contributed by atoms with Gasteiger partial charge in [-0.05, 0) is 56.0 Å². The molecule has 1 aromatic carbocycles. The summed E-state index contributed by atoms with van der Waals surface area (Å²) in [6.07, 6.45) is 3.89. The van der Waals surface area contributed by atoms with Gasteiger partial charge in [-0.1, -0.05) is 37.1 Å². The molecule has 0 bridgehead atoms. The first kappa shape index (κ1) is 12.9. The van der Waals surface area contributed by atoms with E-state index in [1.54, 1.807) is 0 Å². The molecule has 17 heavy (non-hydrogen) atoms. The Morgan fingerprint density at radius 2 is 2.00 bits per heavy atom. The summed E-state index contributed by atoms with van der Waals surface area (Å²) in [6, 6.07) is 8.47. The molecule has 0 unspecified atom stereocenters. The van der Waals surface area contributed by atoms with Crippen molar-refractivity contribution in [1.82, 2.24) is 4.90 Å². The van der Waals surface area contributed by atoms with Gasteiger partial charge in [-0.25, -0.2) is 0 Å². The van der Waals surface area contributed by atoms with Crippen LogP contribution in [0.3, 0.4) is 0 Å². The van der Waals surface area contributed by atoms with E-state index in [9.17, 15) is 0 Å². The molecule has 0 saturated carbocycles. The second-order valence-corrected chi connectivity index (χ2v) is 5.69. The minimum Gasteiger partial charge on any atom is -0.306 e. The average Bonchev–Trinajstić information content (AvgIpc) is 2.31. The van der Waals surface area contributed by atoms with Crippen LogP contribution in [0, 0.1) is 5.92 Å². The highest BCUT2D eigenvalue weighted by atomic mass is 35.5. The molecule has 1 aliphatic heterocycles. The van der Waals surface area contributed by atoms with Gasteiger partial charge in [0.05, 0.1) is 0 Å². The van der Waals surface area contributed by atoms with Crippen LogP contribution in [0.15, 0.2) is 24.3 Å². The molecular weight excluding hydrogens is 230 g/mol. The fourth-order valence-corrected chi connectivity index (χ4v) is 3.15. The lowest BCUT2D eigenvalue weighted by atomic mass is 9.78. The maximum atomic E-state index is 5.96. The first-order valence-corrected chi connectivity index (χ1v) is 7.02. The van der Waals surface area contributed by atoms with Crippen molar-refractivity contribution in [3.05, 3.63) is 34.9 Å². The van der Waals surface area contributed by atoms with E-state index in [2.05, 4.69) is 31.0 Å². The molecule has 1 saturated heterocycles. The van der Waals surface area contributed by atoms with E-state index in [1.165, 1.54) is 37.9 Å². The Bertz CT molecular complexity index is 346. The topological polar surface area (TPSA) is 3.24 Å². The summed E-state index contributed by atoms with van der Waals surface area (Å²) < 4.78 is 0. The van der Waals surface area contributed by atoms with Crippen LogP contribution in [0.25, 0.3) is 0 Å². The summed E-state index contributed by atoms with van der Waals surface area (Å²) in [4.78, 5) is 2.47. The fourth-order valence-electron chi connectivity index (χ4n) is 3.03. The third-order valence-electron chi connectivity index (χ3n) is 3.89. The fraction of sp³-hybridized carbons (Fsp3) is 0.600. The van der Waals surface area contributed by atoms with Gasteiger partial charge in [0.25, 0.3) is 0 Å². The van der Waals surface area contributed by atoms with Gasteiger partial charge in [0, 0.05) is 11.6 Å². The molecule has 2 heteroatoms. The zero-order chi connectivity index (χ0) is 12.3. The smallest absolute Gasteiger partial charge is 0.0406 e. The Kier molecular flexibility index (Phi) is 4.47. The highest BCUT2D eigenvalue weighted by Crippen LogP contribution is 2.35. The Morgan fingerprint density at radius 3 is 2.65 bits per heavy atom. The quantitative estimate of drug-likeness (QED) is 0.779. The number of hydrogen-bond acceptors (Lipinski definition) is 1. The summed E-state index contributed by atoms with van der Waals surface area (Å²) in [5.74, 6) is 1.53. The van der Waals surface area contributed by atoms with Crippen molar-refractivity contribution in [3.8, 4) is 0 Å². The molecule has 0 radical (unpaired) electrons. The van der Waals surface area contributed by atoms with E-state index in [0.717, 1.165) is 16.9 Å². The molecule has 0 amide bonds. The van der Waals surface area contributed by atoms with Crippen molar-refractivity contribution in [2.45, 2.75) is 32.1 Å². The van der Waals surface area contributed by atoms with Crippen LogP contribution < -0.4 is 0 Å². The monoisotopic (exact) mass is 251 g/mol. The summed E-state index contributed by atoms with van der Waals surface area (Å²) in [5.41, 5.74) is 1.47. The van der Waals surface area contributed by atoms with Crippen LogP contribution in [-0.2, 0) is 0 Å². The predicted molar refractivity (Wildman–Crippen MR) is 74.7 cm³/mol. The summed E-state index contributed by atoms with van der Waals surface area (Å²) in [5, 5.41) is 0.841. The van der Waals surface area contributed by atoms with Crippen LogP contribution >= 0.6 is 11.6 Å². The maximum Gasteiger partial charge on any atom is 0.0406 e. The van der Waals surface area contributed by atoms with Crippen molar-refractivity contribution in [1.29, 1.82) is 0 Å². The molecule has 2 atom stereocenters. The molecule has 1 heterocycles. The van der Waals surface area contributed by atoms with E-state index in [1.807, 2.05) is 12.1 Å². The van der Waals surface area contributed by atoms with E-state index in [0.29, 0.717) is 0 Å². The van der Waals surface area contributed by atoms with E-state index >= 15 is 0 Å². The largest absolute Gasteiger partial charge is 0.306 e. The van der Waals surface area contributed by atoms with E-state index in [4.69, 9.17) is 11.6 Å². The van der Waals surface area contributed by atoms with E-state index < -0.39 is 0 Å². The van der Waals surface area contributed by atoms with Crippen molar-refractivity contribution >= 4 is 11.6 Å². The number of benzene rings is 1. The Labute approximate surface area is 110 Å². The third kappa shape index (κ3) is 3.23. The molecule has 0 aromatic heterocycles. The molecule has 2 rings (SSSR count). The van der Waals surface area contributed by atoms with Crippen LogP contribution in [0.5, 0.6) is 0 Å². The number of hydrogen-bond donors (Lipinski definition) is 0. The zero-order valence-electron chi connectivity index (χ0n) is 10.8. The molecule has 1 aliphatic rings. The van der Waals surface area contributed by atoms with Gasteiger partial charge >= 0.3 is 0 Å². The van der Waals surface area contributed by atoms with Crippen LogP contribution in [0.2, 0.25) is 5.02 Å². The predicted octanol–water partition coefficient (Wildman–Crippen LogP) is 4.18. The van der Waals surface area contributed by atoms with E-state index in [-0.39, 0.29) is 0 Å². The number of halogens is 1. The van der Waals surface area contributed by atoms with Crippen molar-refractivity contribution < 1.29 is 0 Å². The number of rotatable bonds is 3. The van der Waals surface area contributed by atoms with Gasteiger partial charge in [-0.2, -0.15) is 0 Å². The zero-order valence-corrected chi connectivity index (χ0v) is 11.6.